The predicted molar refractivity (Wildman–Crippen MR) is 65.3 cm³/mol. The molecule has 6 nitrogen and oxygen atoms in total. The molecule has 0 aliphatic rings. The fourth-order valence-electron chi connectivity index (χ4n) is 1.25. The molecule has 1 rings (SSSR count). The minimum atomic E-state index is -1.09. The molecule has 3 N–H and O–H groups in total. The Morgan fingerprint density at radius 3 is 2.94 bits per heavy atom. The van der Waals surface area contributed by atoms with Crippen LogP contribution in [0.3, 0.4) is 0 Å². The SMILES string of the molecule is COCC(CO)Nc1ncc(Br)cc1C(=O)O. The zero-order valence-corrected chi connectivity index (χ0v) is 10.8. The molecule has 1 unspecified atom stereocenters. The second-order valence-corrected chi connectivity index (χ2v) is 4.25. The van der Waals surface area contributed by atoms with Gasteiger partial charge < -0.3 is 20.3 Å². The number of carbonyl (C=O) groups is 1. The van der Waals surface area contributed by atoms with Crippen LogP contribution in [0.2, 0.25) is 0 Å². The molecular weight excluding hydrogens is 292 g/mol. The van der Waals surface area contributed by atoms with Gasteiger partial charge in [-0.25, -0.2) is 9.78 Å². The molecular formula is C10H13BrN2O4. The summed E-state index contributed by atoms with van der Waals surface area (Å²) in [6, 6.07) is 1.05. The molecule has 94 valence electrons. The molecule has 1 atom stereocenters. The third-order valence-electron chi connectivity index (χ3n) is 2.01. The zero-order chi connectivity index (χ0) is 12.8. The second kappa shape index (κ2) is 6.53. The van der Waals surface area contributed by atoms with Crippen LogP contribution in [-0.4, -0.2) is 47.5 Å². The molecule has 0 bridgehead atoms. The lowest BCUT2D eigenvalue weighted by molar-refractivity contribution is 0.0697. The van der Waals surface area contributed by atoms with Gasteiger partial charge in [-0.2, -0.15) is 0 Å². The number of carboxylic acid groups (broad SMARTS) is 1. The maximum Gasteiger partial charge on any atom is 0.339 e. The first-order valence-electron chi connectivity index (χ1n) is 4.83. The van der Waals surface area contributed by atoms with Crippen molar-refractivity contribution in [3.05, 3.63) is 22.3 Å². The largest absolute Gasteiger partial charge is 0.478 e. The summed E-state index contributed by atoms with van der Waals surface area (Å²) >= 11 is 3.15. The highest BCUT2D eigenvalue weighted by molar-refractivity contribution is 9.10. The van der Waals surface area contributed by atoms with Crippen molar-refractivity contribution in [3.63, 3.8) is 0 Å². The van der Waals surface area contributed by atoms with Crippen molar-refractivity contribution in [1.82, 2.24) is 4.98 Å². The van der Waals surface area contributed by atoms with Gasteiger partial charge in [0.05, 0.1) is 19.3 Å². The summed E-state index contributed by atoms with van der Waals surface area (Å²) in [6.07, 6.45) is 1.48. The highest BCUT2D eigenvalue weighted by Gasteiger charge is 2.15. The molecule has 0 spiro atoms. The molecule has 0 aliphatic heterocycles. The molecule has 1 aromatic rings. The number of aromatic carboxylic acids is 1. The molecule has 0 radical (unpaired) electrons. The van der Waals surface area contributed by atoms with Gasteiger partial charge >= 0.3 is 5.97 Å². The summed E-state index contributed by atoms with van der Waals surface area (Å²) in [7, 11) is 1.50. The highest BCUT2D eigenvalue weighted by Crippen LogP contribution is 2.18. The quantitative estimate of drug-likeness (QED) is 0.725. The fraction of sp³-hybridized carbons (Fsp3) is 0.400. The van der Waals surface area contributed by atoms with Gasteiger partial charge in [0.2, 0.25) is 0 Å². The normalized spacial score (nSPS) is 12.2. The first-order valence-corrected chi connectivity index (χ1v) is 5.63. The van der Waals surface area contributed by atoms with Gasteiger partial charge in [0, 0.05) is 17.8 Å². The van der Waals surface area contributed by atoms with E-state index in [1.54, 1.807) is 0 Å². The van der Waals surface area contributed by atoms with Crippen LogP contribution in [0.4, 0.5) is 5.82 Å². The Morgan fingerprint density at radius 2 is 2.41 bits per heavy atom. The minimum Gasteiger partial charge on any atom is -0.478 e. The van der Waals surface area contributed by atoms with Gasteiger partial charge in [-0.1, -0.05) is 0 Å². The van der Waals surface area contributed by atoms with E-state index in [0.717, 1.165) is 0 Å². The van der Waals surface area contributed by atoms with Crippen molar-refractivity contribution in [1.29, 1.82) is 0 Å². The Kier molecular flexibility index (Phi) is 5.33. The van der Waals surface area contributed by atoms with Gasteiger partial charge in [0.15, 0.2) is 0 Å². The molecule has 0 fully saturated rings. The summed E-state index contributed by atoms with van der Waals surface area (Å²) in [5.74, 6) is -0.882. The number of anilines is 1. The van der Waals surface area contributed by atoms with Crippen LogP contribution in [-0.2, 0) is 4.74 Å². The third kappa shape index (κ3) is 3.95. The van der Waals surface area contributed by atoms with Crippen molar-refractivity contribution in [3.8, 4) is 0 Å². The summed E-state index contributed by atoms with van der Waals surface area (Å²) in [5, 5.41) is 20.9. The number of methoxy groups -OCH3 is 1. The molecule has 1 aromatic heterocycles. The third-order valence-corrected chi connectivity index (χ3v) is 2.45. The lowest BCUT2D eigenvalue weighted by Gasteiger charge is -2.17. The first-order chi connectivity index (χ1) is 8.08. The predicted octanol–water partition coefficient (Wildman–Crippen LogP) is 0.961. The van der Waals surface area contributed by atoms with Crippen molar-refractivity contribution >= 4 is 27.7 Å². The van der Waals surface area contributed by atoms with E-state index < -0.39 is 12.0 Å². The lowest BCUT2D eigenvalue weighted by Crippen LogP contribution is -2.30. The maximum absolute atomic E-state index is 11.0. The van der Waals surface area contributed by atoms with Gasteiger partial charge in [-0.3, -0.25) is 0 Å². The molecule has 7 heteroatoms. The van der Waals surface area contributed by atoms with Crippen LogP contribution in [0.25, 0.3) is 0 Å². The fourth-order valence-corrected chi connectivity index (χ4v) is 1.58. The van der Waals surface area contributed by atoms with Crippen LogP contribution < -0.4 is 5.32 Å². The number of aliphatic hydroxyl groups is 1. The van der Waals surface area contributed by atoms with Crippen LogP contribution in [0, 0.1) is 0 Å². The van der Waals surface area contributed by atoms with Gasteiger partial charge in [0.1, 0.15) is 11.4 Å². The van der Waals surface area contributed by atoms with E-state index >= 15 is 0 Å². The van der Waals surface area contributed by atoms with Crippen LogP contribution >= 0.6 is 15.9 Å². The van der Waals surface area contributed by atoms with E-state index in [4.69, 9.17) is 14.9 Å². The molecule has 0 aromatic carbocycles. The standard InChI is InChI=1S/C10H13BrN2O4/c1-17-5-7(4-14)13-9-8(10(15)16)2-6(11)3-12-9/h2-3,7,14H,4-5H2,1H3,(H,12,13)(H,15,16). The summed E-state index contributed by atoms with van der Waals surface area (Å²) in [6.45, 7) is 0.0813. The van der Waals surface area contributed by atoms with E-state index in [1.165, 1.54) is 19.4 Å². The number of aliphatic hydroxyl groups excluding tert-OH is 1. The number of rotatable bonds is 6. The van der Waals surface area contributed by atoms with Crippen molar-refractivity contribution < 1.29 is 19.7 Å². The number of hydrogen-bond donors (Lipinski definition) is 3. The maximum atomic E-state index is 11.0. The molecule has 0 saturated carbocycles. The number of aromatic nitrogens is 1. The van der Waals surface area contributed by atoms with Gasteiger partial charge in [-0.05, 0) is 22.0 Å². The number of hydrogen-bond acceptors (Lipinski definition) is 5. The van der Waals surface area contributed by atoms with E-state index in [0.29, 0.717) is 4.47 Å². The number of ether oxygens (including phenoxy) is 1. The van der Waals surface area contributed by atoms with Gasteiger partial charge in [-0.15, -0.1) is 0 Å². The molecule has 0 saturated heterocycles. The molecule has 0 amide bonds. The molecule has 0 aliphatic carbocycles. The topological polar surface area (TPSA) is 91.7 Å². The first kappa shape index (κ1) is 13.9. The minimum absolute atomic E-state index is 0.0360. The average Bonchev–Trinajstić information content (AvgIpc) is 2.30. The number of halogens is 1. The van der Waals surface area contributed by atoms with Crippen molar-refractivity contribution in [2.75, 3.05) is 25.6 Å². The second-order valence-electron chi connectivity index (χ2n) is 3.33. The van der Waals surface area contributed by atoms with Crippen LogP contribution in [0.15, 0.2) is 16.7 Å². The average molecular weight is 305 g/mol. The number of nitrogens with zero attached hydrogens (tertiary/aromatic N) is 1. The molecule has 1 heterocycles. The van der Waals surface area contributed by atoms with E-state index in [2.05, 4.69) is 26.2 Å². The van der Waals surface area contributed by atoms with Crippen LogP contribution in [0.5, 0.6) is 0 Å². The highest BCUT2D eigenvalue weighted by atomic mass is 79.9. The number of nitrogens with one attached hydrogen (secondary N) is 1. The molecule has 17 heavy (non-hydrogen) atoms. The number of carboxylic acids is 1. The monoisotopic (exact) mass is 304 g/mol. The summed E-state index contributed by atoms with van der Waals surface area (Å²) < 4.78 is 5.46. The van der Waals surface area contributed by atoms with E-state index in [9.17, 15) is 4.79 Å². The van der Waals surface area contributed by atoms with E-state index in [1.807, 2.05) is 0 Å². The van der Waals surface area contributed by atoms with Crippen molar-refractivity contribution in [2.45, 2.75) is 6.04 Å². The smallest absolute Gasteiger partial charge is 0.339 e. The Bertz CT molecular complexity index is 400. The summed E-state index contributed by atoms with van der Waals surface area (Å²) in [5.41, 5.74) is 0.0360. The van der Waals surface area contributed by atoms with Gasteiger partial charge in [0.25, 0.3) is 0 Å². The van der Waals surface area contributed by atoms with Crippen molar-refractivity contribution in [2.24, 2.45) is 0 Å². The Hall–Kier alpha value is -1.18. The Labute approximate surface area is 107 Å². The lowest BCUT2D eigenvalue weighted by atomic mass is 10.2. The Morgan fingerprint density at radius 1 is 1.71 bits per heavy atom. The van der Waals surface area contributed by atoms with Crippen LogP contribution in [0.1, 0.15) is 10.4 Å². The number of pyridine rings is 1. The summed E-state index contributed by atoms with van der Waals surface area (Å²) in [4.78, 5) is 15.0. The Balaban J connectivity index is 2.92. The zero-order valence-electron chi connectivity index (χ0n) is 9.18. The van der Waals surface area contributed by atoms with E-state index in [-0.39, 0.29) is 24.6 Å².